The van der Waals surface area contributed by atoms with Gasteiger partial charge in [0, 0.05) is 12.6 Å². The molecule has 0 radical (unpaired) electrons. The SMILES string of the molecule is CC(C)C(NC(=O)c1cccs1)C(=O)NC(CCO)C1CC1. The smallest absolute Gasteiger partial charge is 0.262 e. The Bertz CT molecular complexity index is 497. The van der Waals surface area contributed by atoms with E-state index in [2.05, 4.69) is 10.6 Å². The molecular weight excluding hydrogens is 300 g/mol. The molecule has 1 heterocycles. The summed E-state index contributed by atoms with van der Waals surface area (Å²) < 4.78 is 0. The number of thiophene rings is 1. The van der Waals surface area contributed by atoms with Gasteiger partial charge in [-0.1, -0.05) is 19.9 Å². The van der Waals surface area contributed by atoms with E-state index >= 15 is 0 Å². The molecule has 1 aromatic heterocycles. The molecule has 1 aliphatic rings. The van der Waals surface area contributed by atoms with Crippen molar-refractivity contribution in [2.24, 2.45) is 11.8 Å². The van der Waals surface area contributed by atoms with Crippen molar-refractivity contribution in [3.05, 3.63) is 22.4 Å². The minimum atomic E-state index is -0.561. The highest BCUT2D eigenvalue weighted by atomic mass is 32.1. The predicted octanol–water partition coefficient (Wildman–Crippen LogP) is 1.78. The summed E-state index contributed by atoms with van der Waals surface area (Å²) in [6.07, 6.45) is 2.76. The van der Waals surface area contributed by atoms with Gasteiger partial charge in [-0.2, -0.15) is 0 Å². The van der Waals surface area contributed by atoms with E-state index in [0.717, 1.165) is 12.8 Å². The van der Waals surface area contributed by atoms with Gasteiger partial charge in [-0.05, 0) is 42.5 Å². The van der Waals surface area contributed by atoms with Crippen LogP contribution >= 0.6 is 11.3 Å². The van der Waals surface area contributed by atoms with Gasteiger partial charge in [0.05, 0.1) is 4.88 Å². The first-order valence-corrected chi connectivity index (χ1v) is 8.66. The maximum atomic E-state index is 12.5. The van der Waals surface area contributed by atoms with Crippen LogP contribution < -0.4 is 10.6 Å². The Labute approximate surface area is 135 Å². The quantitative estimate of drug-likeness (QED) is 0.682. The highest BCUT2D eigenvalue weighted by Crippen LogP contribution is 2.34. The summed E-state index contributed by atoms with van der Waals surface area (Å²) in [7, 11) is 0. The van der Waals surface area contributed by atoms with Crippen molar-refractivity contribution in [1.82, 2.24) is 10.6 Å². The number of amides is 2. The van der Waals surface area contributed by atoms with Crippen LogP contribution in [0.5, 0.6) is 0 Å². The van der Waals surface area contributed by atoms with Gasteiger partial charge in [0.15, 0.2) is 0 Å². The Morgan fingerprint density at radius 1 is 1.36 bits per heavy atom. The predicted molar refractivity (Wildman–Crippen MR) is 86.8 cm³/mol. The van der Waals surface area contributed by atoms with Gasteiger partial charge in [0.2, 0.25) is 5.91 Å². The van der Waals surface area contributed by atoms with Crippen LogP contribution in [0.1, 0.15) is 42.8 Å². The van der Waals surface area contributed by atoms with Crippen molar-refractivity contribution in [3.8, 4) is 0 Å². The molecule has 0 bridgehead atoms. The van der Waals surface area contributed by atoms with Crippen molar-refractivity contribution >= 4 is 23.2 Å². The fourth-order valence-corrected chi connectivity index (χ4v) is 3.12. The number of carbonyl (C=O) groups is 2. The van der Waals surface area contributed by atoms with Gasteiger partial charge in [0.1, 0.15) is 6.04 Å². The minimum Gasteiger partial charge on any atom is -0.396 e. The van der Waals surface area contributed by atoms with Gasteiger partial charge in [0.25, 0.3) is 5.91 Å². The van der Waals surface area contributed by atoms with Crippen molar-refractivity contribution < 1.29 is 14.7 Å². The lowest BCUT2D eigenvalue weighted by atomic mass is 10.0. The molecule has 2 rings (SSSR count). The first kappa shape index (κ1) is 17.0. The molecule has 0 aromatic carbocycles. The summed E-state index contributed by atoms with van der Waals surface area (Å²) in [6, 6.07) is 3.01. The number of nitrogens with one attached hydrogen (secondary N) is 2. The number of hydrogen-bond donors (Lipinski definition) is 3. The van der Waals surface area contributed by atoms with Crippen molar-refractivity contribution in [2.45, 2.75) is 45.2 Å². The summed E-state index contributed by atoms with van der Waals surface area (Å²) in [4.78, 5) is 25.3. The van der Waals surface area contributed by atoms with Crippen molar-refractivity contribution in [3.63, 3.8) is 0 Å². The standard InChI is InChI=1S/C16H24N2O3S/c1-10(2)14(18-15(20)13-4-3-9-22-13)16(21)17-12(7-8-19)11-5-6-11/h3-4,9-12,14,19H,5-8H2,1-2H3,(H,17,21)(H,18,20). The molecule has 1 aromatic rings. The monoisotopic (exact) mass is 324 g/mol. The van der Waals surface area contributed by atoms with Gasteiger partial charge >= 0.3 is 0 Å². The number of aliphatic hydroxyl groups is 1. The lowest BCUT2D eigenvalue weighted by molar-refractivity contribution is -0.124. The molecule has 3 N–H and O–H groups in total. The zero-order valence-corrected chi connectivity index (χ0v) is 13.9. The molecule has 2 unspecified atom stereocenters. The number of rotatable bonds is 8. The van der Waals surface area contributed by atoms with Crippen molar-refractivity contribution in [1.29, 1.82) is 0 Å². The van der Waals surface area contributed by atoms with Crippen LogP contribution in [-0.4, -0.2) is 35.6 Å². The Morgan fingerprint density at radius 3 is 2.59 bits per heavy atom. The average molecular weight is 324 g/mol. The summed E-state index contributed by atoms with van der Waals surface area (Å²) in [5.74, 6) is 0.0917. The second-order valence-electron chi connectivity index (χ2n) is 6.14. The zero-order valence-electron chi connectivity index (χ0n) is 13.0. The summed E-state index contributed by atoms with van der Waals surface area (Å²) in [5, 5.41) is 16.8. The largest absolute Gasteiger partial charge is 0.396 e. The van der Waals surface area contributed by atoms with Crippen LogP contribution in [0.2, 0.25) is 0 Å². The first-order valence-electron chi connectivity index (χ1n) is 7.78. The highest BCUT2D eigenvalue weighted by Gasteiger charge is 2.34. The second-order valence-corrected chi connectivity index (χ2v) is 7.08. The van der Waals surface area contributed by atoms with Gasteiger partial charge in [-0.3, -0.25) is 9.59 Å². The van der Waals surface area contributed by atoms with Gasteiger partial charge in [-0.25, -0.2) is 0 Å². The van der Waals surface area contributed by atoms with E-state index in [1.54, 1.807) is 6.07 Å². The van der Waals surface area contributed by atoms with Crippen LogP contribution in [0.25, 0.3) is 0 Å². The topological polar surface area (TPSA) is 78.4 Å². The van der Waals surface area contributed by atoms with Crippen LogP contribution in [0.4, 0.5) is 0 Å². The molecule has 1 aliphatic carbocycles. The Morgan fingerprint density at radius 2 is 2.09 bits per heavy atom. The summed E-state index contributed by atoms with van der Waals surface area (Å²) in [6.45, 7) is 3.89. The summed E-state index contributed by atoms with van der Waals surface area (Å²) >= 11 is 1.36. The van der Waals surface area contributed by atoms with Crippen LogP contribution in [0.3, 0.4) is 0 Å². The third-order valence-corrected chi connectivity index (χ3v) is 4.81. The molecule has 5 nitrogen and oxygen atoms in total. The lowest BCUT2D eigenvalue weighted by Gasteiger charge is -2.25. The number of hydrogen-bond acceptors (Lipinski definition) is 4. The maximum Gasteiger partial charge on any atom is 0.262 e. The van der Waals surface area contributed by atoms with E-state index in [0.29, 0.717) is 17.2 Å². The highest BCUT2D eigenvalue weighted by molar-refractivity contribution is 7.12. The third kappa shape index (κ3) is 4.55. The molecule has 122 valence electrons. The maximum absolute atomic E-state index is 12.5. The van der Waals surface area contributed by atoms with E-state index in [1.807, 2.05) is 25.3 Å². The molecule has 0 saturated heterocycles. The fourth-order valence-electron chi connectivity index (χ4n) is 2.49. The Kier molecular flexibility index (Phi) is 5.97. The molecule has 2 amide bonds. The molecule has 2 atom stereocenters. The Balaban J connectivity index is 1.97. The normalized spacial score (nSPS) is 17.1. The minimum absolute atomic E-state index is 0.00195. The summed E-state index contributed by atoms with van der Waals surface area (Å²) in [5.41, 5.74) is 0. The molecule has 6 heteroatoms. The first-order chi connectivity index (χ1) is 10.5. The molecule has 22 heavy (non-hydrogen) atoms. The van der Waals surface area contributed by atoms with Gasteiger partial charge in [-0.15, -0.1) is 11.3 Å². The van der Waals surface area contributed by atoms with E-state index in [4.69, 9.17) is 5.11 Å². The molecule has 1 saturated carbocycles. The molecular formula is C16H24N2O3S. The van der Waals surface area contributed by atoms with E-state index < -0.39 is 6.04 Å². The average Bonchev–Trinajstić information content (AvgIpc) is 3.17. The van der Waals surface area contributed by atoms with Crippen LogP contribution in [-0.2, 0) is 4.79 Å². The molecule has 1 fully saturated rings. The number of carbonyl (C=O) groups excluding carboxylic acids is 2. The lowest BCUT2D eigenvalue weighted by Crippen LogP contribution is -2.52. The zero-order chi connectivity index (χ0) is 16.1. The molecule has 0 aliphatic heterocycles. The van der Waals surface area contributed by atoms with Crippen LogP contribution in [0, 0.1) is 11.8 Å². The van der Waals surface area contributed by atoms with Gasteiger partial charge < -0.3 is 15.7 Å². The third-order valence-electron chi connectivity index (χ3n) is 3.94. The van der Waals surface area contributed by atoms with E-state index in [1.165, 1.54) is 11.3 Å². The van der Waals surface area contributed by atoms with Crippen LogP contribution in [0.15, 0.2) is 17.5 Å². The fraction of sp³-hybridized carbons (Fsp3) is 0.625. The molecule has 0 spiro atoms. The van der Waals surface area contributed by atoms with Crippen molar-refractivity contribution in [2.75, 3.05) is 6.61 Å². The van der Waals surface area contributed by atoms with E-state index in [-0.39, 0.29) is 30.4 Å². The van der Waals surface area contributed by atoms with E-state index in [9.17, 15) is 9.59 Å². The Hall–Kier alpha value is -1.40. The second kappa shape index (κ2) is 7.74. The number of aliphatic hydroxyl groups excluding tert-OH is 1.